The summed E-state index contributed by atoms with van der Waals surface area (Å²) in [5.41, 5.74) is 0. The highest BCUT2D eigenvalue weighted by Gasteiger charge is 2.23. The molecule has 5 nitrogen and oxygen atoms in total. The molecule has 0 spiro atoms. The maximum Gasteiger partial charge on any atom is 0.264 e. The number of hydrogen-bond acceptors (Lipinski definition) is 5. The van der Waals surface area contributed by atoms with Crippen LogP contribution < -0.4 is 0 Å². The average molecular weight is 224 g/mol. The van der Waals surface area contributed by atoms with E-state index in [1.165, 1.54) is 0 Å². The lowest BCUT2D eigenvalue weighted by Gasteiger charge is -2.27. The molecule has 1 aliphatic rings. The minimum Gasteiger partial charge on any atom is -0.381 e. The molecule has 0 aromatic heterocycles. The zero-order valence-corrected chi connectivity index (χ0v) is 9.25. The summed E-state index contributed by atoms with van der Waals surface area (Å²) in [5, 5.41) is 0. The number of hydrogen-bond donors (Lipinski definition) is 0. The molecule has 0 saturated carbocycles. The predicted molar refractivity (Wildman–Crippen MR) is 50.6 cm³/mol. The van der Waals surface area contributed by atoms with E-state index in [0.717, 1.165) is 12.7 Å². The van der Waals surface area contributed by atoms with Crippen LogP contribution in [0.2, 0.25) is 0 Å². The Morgan fingerprint density at radius 2 is 2.21 bits per heavy atom. The fourth-order valence-electron chi connectivity index (χ4n) is 1.37. The third kappa shape index (κ3) is 4.36. The molecule has 0 radical (unpaired) electrons. The zero-order valence-electron chi connectivity index (χ0n) is 8.43. The van der Waals surface area contributed by atoms with Gasteiger partial charge in [0.25, 0.3) is 10.1 Å². The fourth-order valence-corrected chi connectivity index (χ4v) is 1.77. The highest BCUT2D eigenvalue weighted by molar-refractivity contribution is 7.85. The van der Waals surface area contributed by atoms with E-state index in [2.05, 4.69) is 4.18 Å². The first kappa shape index (κ1) is 11.9. The van der Waals surface area contributed by atoms with Gasteiger partial charge in [-0.2, -0.15) is 8.42 Å². The largest absolute Gasteiger partial charge is 0.381 e. The molecule has 84 valence electrons. The molecule has 0 unspecified atom stereocenters. The van der Waals surface area contributed by atoms with E-state index in [1.54, 1.807) is 7.11 Å². The zero-order chi connectivity index (χ0) is 10.6. The Balaban J connectivity index is 2.31. The van der Waals surface area contributed by atoms with Gasteiger partial charge in [-0.05, 0) is 6.42 Å². The standard InChI is InChI=1S/C8H16O5S/c1-11-7-3-4-12-8(5-7)6-13-14(2,9)10/h7-8H,3-6H2,1-2H3/t7-,8+/m0/s1. The summed E-state index contributed by atoms with van der Waals surface area (Å²) in [5.74, 6) is 0. The van der Waals surface area contributed by atoms with Crippen LogP contribution in [-0.2, 0) is 23.8 Å². The van der Waals surface area contributed by atoms with Crippen LogP contribution in [0.4, 0.5) is 0 Å². The predicted octanol–water partition coefficient (Wildman–Crippen LogP) is 0.157. The Bertz CT molecular complexity index is 261. The van der Waals surface area contributed by atoms with E-state index < -0.39 is 10.1 Å². The molecule has 0 aromatic carbocycles. The SMILES string of the molecule is CO[C@H]1CCO[C@@H](COS(C)(=O)=O)C1. The Morgan fingerprint density at radius 1 is 1.50 bits per heavy atom. The van der Waals surface area contributed by atoms with Crippen molar-refractivity contribution in [2.45, 2.75) is 25.0 Å². The molecule has 1 saturated heterocycles. The summed E-state index contributed by atoms with van der Waals surface area (Å²) in [7, 11) is -1.73. The van der Waals surface area contributed by atoms with Crippen LogP contribution in [-0.4, -0.2) is 47.2 Å². The number of methoxy groups -OCH3 is 1. The normalized spacial score (nSPS) is 29.0. The van der Waals surface area contributed by atoms with Gasteiger partial charge >= 0.3 is 0 Å². The van der Waals surface area contributed by atoms with Gasteiger partial charge in [0.1, 0.15) is 0 Å². The van der Waals surface area contributed by atoms with Crippen LogP contribution in [0.5, 0.6) is 0 Å². The lowest BCUT2D eigenvalue weighted by Crippen LogP contribution is -2.33. The smallest absolute Gasteiger partial charge is 0.264 e. The molecule has 1 heterocycles. The van der Waals surface area contributed by atoms with Crippen molar-refractivity contribution in [3.63, 3.8) is 0 Å². The van der Waals surface area contributed by atoms with Crippen molar-refractivity contribution in [3.05, 3.63) is 0 Å². The van der Waals surface area contributed by atoms with Crippen molar-refractivity contribution < 1.29 is 22.1 Å². The van der Waals surface area contributed by atoms with Gasteiger partial charge < -0.3 is 9.47 Å². The van der Waals surface area contributed by atoms with Crippen LogP contribution in [0.3, 0.4) is 0 Å². The summed E-state index contributed by atoms with van der Waals surface area (Å²) in [6.07, 6.45) is 2.54. The molecule has 0 aromatic rings. The van der Waals surface area contributed by atoms with Crippen molar-refractivity contribution in [2.75, 3.05) is 26.6 Å². The van der Waals surface area contributed by atoms with Crippen LogP contribution in [0.1, 0.15) is 12.8 Å². The van der Waals surface area contributed by atoms with Crippen molar-refractivity contribution >= 4 is 10.1 Å². The van der Waals surface area contributed by atoms with E-state index in [0.29, 0.717) is 13.0 Å². The first-order valence-corrected chi connectivity index (χ1v) is 6.31. The molecule has 14 heavy (non-hydrogen) atoms. The Morgan fingerprint density at radius 3 is 2.79 bits per heavy atom. The second-order valence-electron chi connectivity index (χ2n) is 3.36. The van der Waals surface area contributed by atoms with Crippen LogP contribution in [0.25, 0.3) is 0 Å². The highest BCUT2D eigenvalue weighted by atomic mass is 32.2. The van der Waals surface area contributed by atoms with Crippen molar-refractivity contribution in [1.29, 1.82) is 0 Å². The Labute approximate surface area is 84.5 Å². The maximum atomic E-state index is 10.7. The highest BCUT2D eigenvalue weighted by Crippen LogP contribution is 2.16. The van der Waals surface area contributed by atoms with Crippen LogP contribution in [0, 0.1) is 0 Å². The summed E-state index contributed by atoms with van der Waals surface area (Å²) in [6.45, 7) is 0.676. The van der Waals surface area contributed by atoms with Crippen LogP contribution in [0.15, 0.2) is 0 Å². The van der Waals surface area contributed by atoms with E-state index in [9.17, 15) is 8.42 Å². The molecule has 0 N–H and O–H groups in total. The summed E-state index contributed by atoms with van der Waals surface area (Å²) in [6, 6.07) is 0. The summed E-state index contributed by atoms with van der Waals surface area (Å²) < 4.78 is 36.6. The lowest BCUT2D eigenvalue weighted by atomic mass is 10.1. The lowest BCUT2D eigenvalue weighted by molar-refractivity contribution is -0.0716. The molecule has 1 fully saturated rings. The summed E-state index contributed by atoms with van der Waals surface area (Å²) >= 11 is 0. The fraction of sp³-hybridized carbons (Fsp3) is 1.00. The van der Waals surface area contributed by atoms with E-state index in [4.69, 9.17) is 9.47 Å². The maximum absolute atomic E-state index is 10.7. The molecule has 1 rings (SSSR count). The van der Waals surface area contributed by atoms with Gasteiger partial charge in [-0.1, -0.05) is 0 Å². The van der Waals surface area contributed by atoms with Gasteiger partial charge in [0, 0.05) is 20.1 Å². The molecule has 2 atom stereocenters. The van der Waals surface area contributed by atoms with Crippen LogP contribution >= 0.6 is 0 Å². The molecule has 1 aliphatic heterocycles. The van der Waals surface area contributed by atoms with Crippen molar-refractivity contribution in [3.8, 4) is 0 Å². The molecule has 6 heteroatoms. The minimum absolute atomic E-state index is 0.0820. The van der Waals surface area contributed by atoms with Crippen molar-refractivity contribution in [2.24, 2.45) is 0 Å². The molecule has 0 amide bonds. The first-order chi connectivity index (χ1) is 6.51. The molecule has 0 aliphatic carbocycles. The van der Waals surface area contributed by atoms with Gasteiger partial charge in [0.2, 0.25) is 0 Å². The molecular weight excluding hydrogens is 208 g/mol. The topological polar surface area (TPSA) is 61.8 Å². The van der Waals surface area contributed by atoms with Gasteiger partial charge in [-0.25, -0.2) is 0 Å². The summed E-state index contributed by atoms with van der Waals surface area (Å²) in [4.78, 5) is 0. The Kier molecular flexibility index (Phi) is 4.31. The third-order valence-corrected chi connectivity index (χ3v) is 2.68. The number of ether oxygens (including phenoxy) is 2. The monoisotopic (exact) mass is 224 g/mol. The second kappa shape index (κ2) is 5.06. The van der Waals surface area contributed by atoms with E-state index in [1.807, 2.05) is 0 Å². The van der Waals surface area contributed by atoms with Crippen molar-refractivity contribution in [1.82, 2.24) is 0 Å². The average Bonchev–Trinajstić information content (AvgIpc) is 2.14. The van der Waals surface area contributed by atoms with E-state index in [-0.39, 0.29) is 18.8 Å². The number of rotatable bonds is 4. The van der Waals surface area contributed by atoms with Gasteiger partial charge in [0.05, 0.1) is 25.1 Å². The van der Waals surface area contributed by atoms with Gasteiger partial charge in [-0.3, -0.25) is 4.18 Å². The Hall–Kier alpha value is -0.170. The van der Waals surface area contributed by atoms with E-state index >= 15 is 0 Å². The van der Waals surface area contributed by atoms with Gasteiger partial charge in [0.15, 0.2) is 0 Å². The minimum atomic E-state index is -3.37. The molecule has 0 bridgehead atoms. The quantitative estimate of drug-likeness (QED) is 0.636. The second-order valence-corrected chi connectivity index (χ2v) is 5.01. The van der Waals surface area contributed by atoms with Gasteiger partial charge in [-0.15, -0.1) is 0 Å². The first-order valence-electron chi connectivity index (χ1n) is 4.50. The molecular formula is C8H16O5S. The third-order valence-electron chi connectivity index (χ3n) is 2.12.